The molecular weight excluding hydrogens is 212 g/mol. The van der Waals surface area contributed by atoms with Crippen LogP contribution in [0.4, 0.5) is 5.69 Å². The fourth-order valence-corrected chi connectivity index (χ4v) is 1.39. The Labute approximate surface area is 94.6 Å². The van der Waals surface area contributed by atoms with Gasteiger partial charge in [-0.25, -0.2) is 0 Å². The van der Waals surface area contributed by atoms with Crippen LogP contribution in [0, 0.1) is 0 Å². The summed E-state index contributed by atoms with van der Waals surface area (Å²) in [6, 6.07) is 7.19. The molecule has 1 aromatic carbocycles. The molecule has 0 spiro atoms. The molecule has 3 N–H and O–H groups in total. The summed E-state index contributed by atoms with van der Waals surface area (Å²) in [7, 11) is 0. The van der Waals surface area contributed by atoms with Gasteiger partial charge in [-0.3, -0.25) is 4.79 Å². The van der Waals surface area contributed by atoms with E-state index in [1.54, 1.807) is 12.1 Å². The molecule has 0 atom stereocenters. The third kappa shape index (κ3) is 4.32. The molecule has 0 fully saturated rings. The largest absolute Gasteiger partial charge is 0.330 e. The van der Waals surface area contributed by atoms with Gasteiger partial charge in [0.2, 0.25) is 5.91 Å². The first kappa shape index (κ1) is 12.0. The SMILES string of the molecule is NCCCCC(=O)Nc1ccccc1Cl. The maximum Gasteiger partial charge on any atom is 0.224 e. The quantitative estimate of drug-likeness (QED) is 0.758. The Hall–Kier alpha value is -1.06. The van der Waals surface area contributed by atoms with E-state index in [0.717, 1.165) is 12.8 Å². The fraction of sp³-hybridized carbons (Fsp3) is 0.364. The van der Waals surface area contributed by atoms with Crippen molar-refractivity contribution in [1.82, 2.24) is 0 Å². The minimum atomic E-state index is -0.0171. The predicted molar refractivity (Wildman–Crippen MR) is 63.0 cm³/mol. The van der Waals surface area contributed by atoms with Crippen LogP contribution < -0.4 is 11.1 Å². The number of amides is 1. The van der Waals surface area contributed by atoms with Gasteiger partial charge in [-0.05, 0) is 31.5 Å². The van der Waals surface area contributed by atoms with Gasteiger partial charge in [0.25, 0.3) is 0 Å². The van der Waals surface area contributed by atoms with Crippen LogP contribution in [0.5, 0.6) is 0 Å². The van der Waals surface area contributed by atoms with E-state index < -0.39 is 0 Å². The van der Waals surface area contributed by atoms with Gasteiger partial charge in [-0.1, -0.05) is 23.7 Å². The summed E-state index contributed by atoms with van der Waals surface area (Å²) in [5, 5.41) is 3.32. The lowest BCUT2D eigenvalue weighted by molar-refractivity contribution is -0.116. The zero-order valence-electron chi connectivity index (χ0n) is 8.50. The van der Waals surface area contributed by atoms with Gasteiger partial charge in [0.15, 0.2) is 0 Å². The molecule has 15 heavy (non-hydrogen) atoms. The molecule has 0 bridgehead atoms. The molecule has 0 aliphatic heterocycles. The molecule has 1 aromatic rings. The van der Waals surface area contributed by atoms with Gasteiger partial charge in [0.05, 0.1) is 10.7 Å². The number of hydrogen-bond donors (Lipinski definition) is 2. The fourth-order valence-electron chi connectivity index (χ4n) is 1.21. The van der Waals surface area contributed by atoms with E-state index in [1.807, 2.05) is 12.1 Å². The molecule has 0 aromatic heterocycles. The highest BCUT2D eigenvalue weighted by atomic mass is 35.5. The molecule has 1 rings (SSSR count). The van der Waals surface area contributed by atoms with Gasteiger partial charge in [0.1, 0.15) is 0 Å². The van der Waals surface area contributed by atoms with Gasteiger partial charge in [-0.15, -0.1) is 0 Å². The first-order chi connectivity index (χ1) is 7.24. The lowest BCUT2D eigenvalue weighted by Gasteiger charge is -2.06. The van der Waals surface area contributed by atoms with Crippen LogP contribution in [0.2, 0.25) is 5.02 Å². The average Bonchev–Trinajstić information content (AvgIpc) is 2.22. The van der Waals surface area contributed by atoms with Crippen LogP contribution in [0.1, 0.15) is 19.3 Å². The average molecular weight is 227 g/mol. The Balaban J connectivity index is 2.41. The minimum Gasteiger partial charge on any atom is -0.330 e. The highest BCUT2D eigenvalue weighted by Crippen LogP contribution is 2.20. The van der Waals surface area contributed by atoms with Crippen LogP contribution >= 0.6 is 11.6 Å². The van der Waals surface area contributed by atoms with Gasteiger partial charge < -0.3 is 11.1 Å². The monoisotopic (exact) mass is 226 g/mol. The first-order valence-corrected chi connectivity index (χ1v) is 5.36. The van der Waals surface area contributed by atoms with Crippen molar-refractivity contribution in [3.8, 4) is 0 Å². The lowest BCUT2D eigenvalue weighted by Crippen LogP contribution is -2.12. The number of carbonyl (C=O) groups excluding carboxylic acids is 1. The molecule has 0 heterocycles. The van der Waals surface area contributed by atoms with Crippen molar-refractivity contribution in [2.45, 2.75) is 19.3 Å². The Kier molecular flexibility index (Phi) is 5.15. The Morgan fingerprint density at radius 2 is 2.07 bits per heavy atom. The van der Waals surface area contributed by atoms with Crippen molar-refractivity contribution in [1.29, 1.82) is 0 Å². The third-order valence-corrected chi connectivity index (χ3v) is 2.34. The second-order valence-electron chi connectivity index (χ2n) is 3.27. The van der Waals surface area contributed by atoms with Crippen LogP contribution in [0.3, 0.4) is 0 Å². The maximum atomic E-state index is 11.4. The molecule has 3 nitrogen and oxygen atoms in total. The Bertz CT molecular complexity index is 328. The summed E-state index contributed by atoms with van der Waals surface area (Å²) < 4.78 is 0. The van der Waals surface area contributed by atoms with E-state index in [0.29, 0.717) is 23.7 Å². The lowest BCUT2D eigenvalue weighted by atomic mass is 10.2. The molecule has 82 valence electrons. The number of rotatable bonds is 5. The smallest absolute Gasteiger partial charge is 0.224 e. The summed E-state index contributed by atoms with van der Waals surface area (Å²) >= 11 is 5.89. The first-order valence-electron chi connectivity index (χ1n) is 4.98. The summed E-state index contributed by atoms with van der Waals surface area (Å²) in [4.78, 5) is 11.4. The Morgan fingerprint density at radius 1 is 1.33 bits per heavy atom. The van der Waals surface area contributed by atoms with Gasteiger partial charge >= 0.3 is 0 Å². The number of para-hydroxylation sites is 1. The Morgan fingerprint density at radius 3 is 2.73 bits per heavy atom. The molecule has 0 saturated carbocycles. The molecule has 0 aliphatic carbocycles. The number of unbranched alkanes of at least 4 members (excludes halogenated alkanes) is 1. The number of anilines is 1. The minimum absolute atomic E-state index is 0.0171. The standard InChI is InChI=1S/C11H15ClN2O/c12-9-5-1-2-6-10(9)14-11(15)7-3-4-8-13/h1-2,5-6H,3-4,7-8,13H2,(H,14,15). The van der Waals surface area contributed by atoms with E-state index in [9.17, 15) is 4.79 Å². The van der Waals surface area contributed by atoms with E-state index in [2.05, 4.69) is 5.32 Å². The summed E-state index contributed by atoms with van der Waals surface area (Å²) in [5.41, 5.74) is 6.00. The summed E-state index contributed by atoms with van der Waals surface area (Å²) in [5.74, 6) is -0.0171. The second-order valence-corrected chi connectivity index (χ2v) is 3.68. The molecule has 4 heteroatoms. The van der Waals surface area contributed by atoms with Crippen molar-refractivity contribution in [2.24, 2.45) is 5.73 Å². The highest BCUT2D eigenvalue weighted by Gasteiger charge is 2.04. The van der Waals surface area contributed by atoms with Crippen LogP contribution in [0.15, 0.2) is 24.3 Å². The molecule has 0 aliphatic rings. The van der Waals surface area contributed by atoms with Crippen molar-refractivity contribution in [2.75, 3.05) is 11.9 Å². The van der Waals surface area contributed by atoms with Gasteiger partial charge in [0, 0.05) is 6.42 Å². The molecule has 0 saturated heterocycles. The van der Waals surface area contributed by atoms with Crippen molar-refractivity contribution in [3.05, 3.63) is 29.3 Å². The topological polar surface area (TPSA) is 55.1 Å². The van der Waals surface area contributed by atoms with Crippen molar-refractivity contribution >= 4 is 23.2 Å². The van der Waals surface area contributed by atoms with Crippen LogP contribution in [-0.4, -0.2) is 12.5 Å². The number of carbonyl (C=O) groups is 1. The predicted octanol–water partition coefficient (Wildman–Crippen LogP) is 2.41. The number of nitrogens with one attached hydrogen (secondary N) is 1. The van der Waals surface area contributed by atoms with E-state index in [4.69, 9.17) is 17.3 Å². The zero-order chi connectivity index (χ0) is 11.1. The van der Waals surface area contributed by atoms with Gasteiger partial charge in [-0.2, -0.15) is 0 Å². The number of nitrogens with two attached hydrogens (primary N) is 1. The van der Waals surface area contributed by atoms with E-state index in [1.165, 1.54) is 0 Å². The maximum absolute atomic E-state index is 11.4. The number of halogens is 1. The second kappa shape index (κ2) is 6.43. The molecule has 0 unspecified atom stereocenters. The van der Waals surface area contributed by atoms with Crippen LogP contribution in [-0.2, 0) is 4.79 Å². The molecule has 1 amide bonds. The summed E-state index contributed by atoms with van der Waals surface area (Å²) in [6.07, 6.45) is 2.17. The normalized spacial score (nSPS) is 10.0. The van der Waals surface area contributed by atoms with Crippen LogP contribution in [0.25, 0.3) is 0 Å². The summed E-state index contributed by atoms with van der Waals surface area (Å²) in [6.45, 7) is 0.624. The highest BCUT2D eigenvalue weighted by molar-refractivity contribution is 6.33. The number of benzene rings is 1. The van der Waals surface area contributed by atoms with E-state index in [-0.39, 0.29) is 5.91 Å². The zero-order valence-corrected chi connectivity index (χ0v) is 9.26. The van der Waals surface area contributed by atoms with E-state index >= 15 is 0 Å². The molecular formula is C11H15ClN2O. The van der Waals surface area contributed by atoms with Crippen molar-refractivity contribution in [3.63, 3.8) is 0 Å². The third-order valence-electron chi connectivity index (χ3n) is 2.01. The molecule has 0 radical (unpaired) electrons. The number of hydrogen-bond acceptors (Lipinski definition) is 2. The van der Waals surface area contributed by atoms with Crippen molar-refractivity contribution < 1.29 is 4.79 Å².